The van der Waals surface area contributed by atoms with Crippen LogP contribution in [0.1, 0.15) is 22.8 Å². The molecule has 190 valence electrons. The molecule has 3 aromatic carbocycles. The van der Waals surface area contributed by atoms with Gasteiger partial charge in [-0.3, -0.25) is 14.5 Å². The van der Waals surface area contributed by atoms with Crippen molar-refractivity contribution in [3.8, 4) is 17.2 Å². The molecule has 4 rings (SSSR count). The summed E-state index contributed by atoms with van der Waals surface area (Å²) in [4.78, 5) is 39.5. The third kappa shape index (κ3) is 6.54. The first-order valence-electron chi connectivity index (χ1n) is 11.2. The number of imide groups is 1. The molecule has 10 heteroatoms. The lowest BCUT2D eigenvalue weighted by Gasteiger charge is -2.14. The van der Waals surface area contributed by atoms with Gasteiger partial charge in [0.15, 0.2) is 11.5 Å². The Morgan fingerprint density at radius 3 is 2.51 bits per heavy atom. The van der Waals surface area contributed by atoms with Crippen LogP contribution in [0.2, 0.25) is 5.02 Å². The lowest BCUT2D eigenvalue weighted by atomic mass is 10.1. The van der Waals surface area contributed by atoms with Crippen molar-refractivity contribution in [2.75, 3.05) is 19.8 Å². The molecule has 2 amide bonds. The first-order valence-corrected chi connectivity index (χ1v) is 13.2. The van der Waals surface area contributed by atoms with Crippen molar-refractivity contribution in [3.05, 3.63) is 92.3 Å². The van der Waals surface area contributed by atoms with E-state index in [-0.39, 0.29) is 39.6 Å². The van der Waals surface area contributed by atoms with Crippen LogP contribution >= 0.6 is 39.3 Å². The van der Waals surface area contributed by atoms with E-state index in [0.717, 1.165) is 16.7 Å². The van der Waals surface area contributed by atoms with Gasteiger partial charge in [-0.1, -0.05) is 41.9 Å². The zero-order chi connectivity index (χ0) is 26.4. The van der Waals surface area contributed by atoms with Gasteiger partial charge in [0.05, 0.1) is 33.1 Å². The smallest absolute Gasteiger partial charge is 0.345 e. The summed E-state index contributed by atoms with van der Waals surface area (Å²) in [5.41, 5.74) is 0.798. The topological polar surface area (TPSA) is 82.1 Å². The Morgan fingerprint density at radius 1 is 1.05 bits per heavy atom. The van der Waals surface area contributed by atoms with E-state index in [9.17, 15) is 14.4 Å². The second kappa shape index (κ2) is 12.3. The first-order chi connectivity index (χ1) is 17.9. The fraction of sp³-hybridized carbons (Fsp3) is 0.148. The average Bonchev–Trinajstić information content (AvgIpc) is 3.14. The van der Waals surface area contributed by atoms with Crippen LogP contribution in [0.3, 0.4) is 0 Å². The lowest BCUT2D eigenvalue weighted by Crippen LogP contribution is -2.32. The van der Waals surface area contributed by atoms with Crippen molar-refractivity contribution < 1.29 is 28.6 Å². The molecule has 0 N–H and O–H groups in total. The maximum atomic E-state index is 12.9. The predicted molar refractivity (Wildman–Crippen MR) is 146 cm³/mol. The summed E-state index contributed by atoms with van der Waals surface area (Å²) in [6.07, 6.45) is 1.59. The second-order valence-electron chi connectivity index (χ2n) is 7.63. The Bertz CT molecular complexity index is 1360. The van der Waals surface area contributed by atoms with Crippen molar-refractivity contribution >= 4 is 62.5 Å². The van der Waals surface area contributed by atoms with E-state index in [0.29, 0.717) is 28.1 Å². The number of hydrogen-bond donors (Lipinski definition) is 0. The summed E-state index contributed by atoms with van der Waals surface area (Å²) in [5.74, 6) is 0.0801. The van der Waals surface area contributed by atoms with E-state index in [2.05, 4.69) is 15.9 Å². The number of hydrogen-bond acceptors (Lipinski definition) is 7. The van der Waals surface area contributed by atoms with Crippen molar-refractivity contribution in [1.29, 1.82) is 0 Å². The zero-order valence-corrected chi connectivity index (χ0v) is 22.8. The molecule has 1 aliphatic heterocycles. The molecule has 0 aliphatic carbocycles. The van der Waals surface area contributed by atoms with Crippen molar-refractivity contribution in [2.45, 2.75) is 6.92 Å². The molecule has 37 heavy (non-hydrogen) atoms. The maximum Gasteiger partial charge on any atom is 0.345 e. The van der Waals surface area contributed by atoms with Crippen LogP contribution in [0, 0.1) is 0 Å². The van der Waals surface area contributed by atoms with Crippen LogP contribution in [0.4, 0.5) is 4.79 Å². The Balaban J connectivity index is 1.51. The number of esters is 1. The number of para-hydroxylation sites is 1. The Kier molecular flexibility index (Phi) is 8.91. The summed E-state index contributed by atoms with van der Waals surface area (Å²) >= 11 is 10.4. The summed E-state index contributed by atoms with van der Waals surface area (Å²) < 4.78 is 17.3. The number of thioether (sulfide) groups is 1. The number of nitrogens with zero attached hydrogens (tertiary/aromatic N) is 1. The minimum Gasteiger partial charge on any atom is -0.492 e. The molecule has 0 atom stereocenters. The lowest BCUT2D eigenvalue weighted by molar-refractivity contribution is -0.123. The number of carbonyl (C=O) groups is 3. The van der Waals surface area contributed by atoms with E-state index in [1.165, 1.54) is 0 Å². The number of halogens is 2. The fourth-order valence-corrected chi connectivity index (χ4v) is 5.04. The van der Waals surface area contributed by atoms with Crippen LogP contribution < -0.4 is 14.2 Å². The number of benzene rings is 3. The highest BCUT2D eigenvalue weighted by Crippen LogP contribution is 2.40. The molecule has 1 saturated heterocycles. The van der Waals surface area contributed by atoms with E-state index < -0.39 is 11.9 Å². The summed E-state index contributed by atoms with van der Waals surface area (Å²) in [7, 11) is 0. The van der Waals surface area contributed by atoms with E-state index in [1.54, 1.807) is 61.5 Å². The van der Waals surface area contributed by atoms with Gasteiger partial charge in [-0.05, 0) is 82.7 Å². The Labute approximate surface area is 231 Å². The highest BCUT2D eigenvalue weighted by atomic mass is 79.9. The van der Waals surface area contributed by atoms with Crippen LogP contribution in [0.5, 0.6) is 17.2 Å². The van der Waals surface area contributed by atoms with Crippen LogP contribution in [-0.4, -0.2) is 41.8 Å². The number of carbonyl (C=O) groups excluding carboxylic acids is 3. The van der Waals surface area contributed by atoms with Crippen LogP contribution in [0.25, 0.3) is 6.08 Å². The molecule has 7 nitrogen and oxygen atoms in total. The van der Waals surface area contributed by atoms with E-state index in [4.69, 9.17) is 25.8 Å². The quantitative estimate of drug-likeness (QED) is 0.151. The molecule has 0 aromatic heterocycles. The summed E-state index contributed by atoms with van der Waals surface area (Å²) in [6, 6.07) is 19.0. The number of ether oxygens (including phenoxy) is 3. The van der Waals surface area contributed by atoms with Crippen molar-refractivity contribution in [2.24, 2.45) is 0 Å². The summed E-state index contributed by atoms with van der Waals surface area (Å²) in [5, 5.41) is -0.106. The third-order valence-corrected chi connectivity index (χ3v) is 6.94. The molecular weight excluding hydrogens is 582 g/mol. The predicted octanol–water partition coefficient (Wildman–Crippen LogP) is 6.84. The van der Waals surface area contributed by atoms with Gasteiger partial charge >= 0.3 is 5.97 Å². The normalized spacial score (nSPS) is 14.2. The molecule has 1 heterocycles. The highest BCUT2D eigenvalue weighted by molar-refractivity contribution is 9.10. The molecular formula is C27H21BrClNO6S. The van der Waals surface area contributed by atoms with Gasteiger partial charge in [-0.25, -0.2) is 4.79 Å². The number of rotatable bonds is 9. The van der Waals surface area contributed by atoms with Crippen LogP contribution in [0.15, 0.2) is 76.1 Å². The van der Waals surface area contributed by atoms with Gasteiger partial charge in [0.1, 0.15) is 12.4 Å². The Hall–Kier alpha value is -3.27. The van der Waals surface area contributed by atoms with E-state index in [1.807, 2.05) is 18.2 Å². The second-order valence-corrected chi connectivity index (χ2v) is 9.88. The van der Waals surface area contributed by atoms with Crippen molar-refractivity contribution in [3.63, 3.8) is 0 Å². The Morgan fingerprint density at radius 2 is 1.78 bits per heavy atom. The van der Waals surface area contributed by atoms with E-state index >= 15 is 0 Å². The van der Waals surface area contributed by atoms with Crippen LogP contribution in [-0.2, 0) is 4.79 Å². The first kappa shape index (κ1) is 26.8. The van der Waals surface area contributed by atoms with Gasteiger partial charge in [0.2, 0.25) is 0 Å². The molecule has 0 radical (unpaired) electrons. The van der Waals surface area contributed by atoms with Gasteiger partial charge in [0, 0.05) is 0 Å². The molecule has 0 unspecified atom stereocenters. The third-order valence-electron chi connectivity index (χ3n) is 5.12. The standard InChI is InChI=1S/C27H21BrClNO6S/c1-2-34-22-15-17(14-20(28)24(22)36-26(32)19-10-6-7-11-21(19)29)16-23-25(31)30(27(33)37-23)12-13-35-18-8-4-3-5-9-18/h3-11,14-16H,2,12-13H2,1H3/b23-16-. The molecule has 0 bridgehead atoms. The fourth-order valence-electron chi connectivity index (χ4n) is 3.42. The SMILES string of the molecule is CCOc1cc(/C=C2\SC(=O)N(CCOc3ccccc3)C2=O)cc(Br)c1OC(=O)c1ccccc1Cl. The maximum absolute atomic E-state index is 12.9. The molecule has 1 aliphatic rings. The minimum absolute atomic E-state index is 0.127. The number of amides is 2. The molecule has 1 fully saturated rings. The average molecular weight is 603 g/mol. The summed E-state index contributed by atoms with van der Waals surface area (Å²) in [6.45, 7) is 2.41. The van der Waals surface area contributed by atoms with Gasteiger partial charge < -0.3 is 14.2 Å². The molecule has 3 aromatic rings. The van der Waals surface area contributed by atoms with Crippen molar-refractivity contribution in [1.82, 2.24) is 4.90 Å². The molecule has 0 saturated carbocycles. The van der Waals surface area contributed by atoms with Gasteiger partial charge in [-0.2, -0.15) is 0 Å². The highest BCUT2D eigenvalue weighted by Gasteiger charge is 2.35. The zero-order valence-electron chi connectivity index (χ0n) is 19.6. The van der Waals surface area contributed by atoms with Gasteiger partial charge in [0.25, 0.3) is 11.1 Å². The largest absolute Gasteiger partial charge is 0.492 e. The van der Waals surface area contributed by atoms with Gasteiger partial charge in [-0.15, -0.1) is 0 Å². The monoisotopic (exact) mass is 601 g/mol. The minimum atomic E-state index is -0.640. The molecule has 0 spiro atoms.